The third-order valence-electron chi connectivity index (χ3n) is 8.91. The number of allylic oxidation sites excluding steroid dienone is 10. The van der Waals surface area contributed by atoms with Crippen molar-refractivity contribution in [1.29, 1.82) is 0 Å². The van der Waals surface area contributed by atoms with Crippen molar-refractivity contribution in [2.24, 2.45) is 42.1 Å². The molecule has 298 valence electrons. The number of Topliss-reactive ketones (excluding diaryl/α,β-unsaturated/α-hetero) is 2. The van der Waals surface area contributed by atoms with Gasteiger partial charge in [0.2, 0.25) is 0 Å². The Morgan fingerprint density at radius 1 is 0.393 bits per heavy atom. The molecular weight excluding hydrogens is 876 g/mol. The van der Waals surface area contributed by atoms with Crippen LogP contribution in [0, 0.1) is 21.7 Å². The van der Waals surface area contributed by atoms with E-state index < -0.39 is 21.7 Å². The van der Waals surface area contributed by atoms with Crippen molar-refractivity contribution in [3.63, 3.8) is 0 Å². The van der Waals surface area contributed by atoms with Crippen LogP contribution >= 0.6 is 92.8 Å². The Kier molecular flexibility index (Phi) is 13.9. The van der Waals surface area contributed by atoms with Gasteiger partial charge >= 0.3 is 0 Å². The van der Waals surface area contributed by atoms with E-state index in [-0.39, 0.29) is 74.2 Å². The van der Waals surface area contributed by atoms with Gasteiger partial charge in [-0.2, -0.15) is 10.2 Å². The van der Waals surface area contributed by atoms with E-state index in [1.54, 1.807) is 24.3 Å². The molecule has 0 radical (unpaired) electrons. The van der Waals surface area contributed by atoms with Crippen molar-refractivity contribution in [3.8, 4) is 11.1 Å². The number of hydrogen-bond donors (Lipinski definition) is 0. The molecule has 2 aliphatic carbocycles. The summed E-state index contributed by atoms with van der Waals surface area (Å²) in [5.41, 5.74) is 2.34. The third kappa shape index (κ3) is 9.61. The lowest BCUT2D eigenvalue weighted by atomic mass is 9.72. The van der Waals surface area contributed by atoms with E-state index in [0.29, 0.717) is 33.4 Å². The summed E-state index contributed by atoms with van der Waals surface area (Å²) in [7, 11) is 0. The van der Waals surface area contributed by atoms with Gasteiger partial charge in [-0.1, -0.05) is 176 Å². The average molecular weight is 918 g/mol. The number of ketones is 2. The molecule has 0 saturated carbocycles. The number of hydrogen-bond acceptors (Lipinski definition) is 6. The number of azo groups is 2. The SMILES string of the molecule is CC(C)(C)C1=CC(=C/N=N/c2c(Cl)c(Cl)c(-c3c(Cl)c(Cl)c(/N=N/C=C4C=C(C(C)(C)C)C(=O)C(C(C)(C)C)=C4)c(Cl)c3Cl)c(Cl)c2Cl)C=C(C(C)(C)C)C1=O. The van der Waals surface area contributed by atoms with Crippen molar-refractivity contribution in [2.45, 2.75) is 83.1 Å². The second kappa shape index (κ2) is 16.8. The molecule has 4 rings (SSSR count). The fraction of sp³-hybridized carbons (Fsp3) is 0.381. The minimum Gasteiger partial charge on any atom is -0.289 e. The molecule has 6 nitrogen and oxygen atoms in total. The highest BCUT2D eigenvalue weighted by Crippen LogP contribution is 2.57. The molecule has 2 aromatic carbocycles. The standard InChI is InChI=1S/C42H42Cl8N4O2/c1-39(2,3)21-13-19(14-22(37(21)55)40(4,5)6)17-51-53-35-31(47)27(43)25(28(44)32(35)48)26-29(45)33(49)36(34(50)30(26)46)54-52-18-20-15-23(41(7,8)9)38(56)24(16-20)42(10,11)12/h13-18H,1-12H3/b53-51+,54-52+. The zero-order chi connectivity index (χ0) is 42.6. The number of rotatable bonds is 5. The van der Waals surface area contributed by atoms with Gasteiger partial charge in [-0.3, -0.25) is 9.59 Å². The summed E-state index contributed by atoms with van der Waals surface area (Å²) in [6.45, 7) is 23.7. The van der Waals surface area contributed by atoms with Crippen molar-refractivity contribution in [2.75, 3.05) is 0 Å². The van der Waals surface area contributed by atoms with E-state index in [9.17, 15) is 9.59 Å². The monoisotopic (exact) mass is 914 g/mol. The summed E-state index contributed by atoms with van der Waals surface area (Å²) in [4.78, 5) is 26.7. The van der Waals surface area contributed by atoms with Crippen LogP contribution in [0.2, 0.25) is 40.2 Å². The van der Waals surface area contributed by atoms with Crippen molar-refractivity contribution < 1.29 is 9.59 Å². The number of carbonyl (C=O) groups is 2. The largest absolute Gasteiger partial charge is 0.289 e. The van der Waals surface area contributed by atoms with Crippen LogP contribution in [0.15, 0.2) is 90.6 Å². The van der Waals surface area contributed by atoms with Crippen LogP contribution in [0.4, 0.5) is 11.4 Å². The van der Waals surface area contributed by atoms with Gasteiger partial charge in [0.25, 0.3) is 0 Å². The Morgan fingerprint density at radius 3 is 0.804 bits per heavy atom. The van der Waals surface area contributed by atoms with Gasteiger partial charge in [0.05, 0.1) is 52.6 Å². The lowest BCUT2D eigenvalue weighted by Gasteiger charge is -2.31. The second-order valence-corrected chi connectivity index (χ2v) is 20.6. The molecule has 2 aromatic rings. The highest BCUT2D eigenvalue weighted by molar-refractivity contribution is 6.56. The lowest BCUT2D eigenvalue weighted by molar-refractivity contribution is -0.114. The van der Waals surface area contributed by atoms with Gasteiger partial charge in [0, 0.05) is 33.4 Å². The molecule has 2 aliphatic rings. The number of benzene rings is 2. The van der Waals surface area contributed by atoms with Crippen LogP contribution in [0.1, 0.15) is 83.1 Å². The van der Waals surface area contributed by atoms with Crippen molar-refractivity contribution >= 4 is 116 Å². The number of nitrogens with zero attached hydrogens (tertiary/aromatic N) is 4. The predicted octanol–water partition coefficient (Wildman–Crippen LogP) is 17.6. The normalized spacial score (nSPS) is 16.1. The minimum atomic E-state index is -0.408. The van der Waals surface area contributed by atoms with Crippen LogP contribution < -0.4 is 0 Å². The summed E-state index contributed by atoms with van der Waals surface area (Å²) in [5, 5.41) is 16.2. The van der Waals surface area contributed by atoms with Gasteiger partial charge in [0.1, 0.15) is 11.4 Å². The van der Waals surface area contributed by atoms with E-state index in [1.807, 2.05) is 83.1 Å². The molecule has 0 spiro atoms. The van der Waals surface area contributed by atoms with Crippen LogP contribution in [0.5, 0.6) is 0 Å². The highest BCUT2D eigenvalue weighted by atomic mass is 35.5. The highest BCUT2D eigenvalue weighted by Gasteiger charge is 2.36. The fourth-order valence-corrected chi connectivity index (χ4v) is 8.06. The molecule has 0 bridgehead atoms. The van der Waals surface area contributed by atoms with Crippen LogP contribution in [-0.2, 0) is 9.59 Å². The topological polar surface area (TPSA) is 83.6 Å². The molecule has 14 heteroatoms. The maximum atomic E-state index is 13.3. The summed E-state index contributed by atoms with van der Waals surface area (Å²) in [6.07, 6.45) is 10.2. The Balaban J connectivity index is 1.79. The molecule has 0 aromatic heterocycles. The Labute approximate surface area is 369 Å². The van der Waals surface area contributed by atoms with Crippen molar-refractivity contribution in [1.82, 2.24) is 0 Å². The maximum absolute atomic E-state index is 13.3. The van der Waals surface area contributed by atoms with Gasteiger partial charge in [-0.05, 0) is 57.1 Å². The summed E-state index contributed by atoms with van der Waals surface area (Å²) in [6, 6.07) is 0. The molecule has 0 amide bonds. The van der Waals surface area contributed by atoms with E-state index >= 15 is 0 Å². The van der Waals surface area contributed by atoms with E-state index in [1.165, 1.54) is 12.4 Å². The zero-order valence-corrected chi connectivity index (χ0v) is 39.1. The average Bonchev–Trinajstić information content (AvgIpc) is 3.06. The van der Waals surface area contributed by atoms with E-state index in [2.05, 4.69) is 20.5 Å². The molecule has 0 fully saturated rings. The number of halogens is 8. The molecule has 0 heterocycles. The Bertz CT molecular complexity index is 2010. The summed E-state index contributed by atoms with van der Waals surface area (Å²) < 4.78 is 0. The molecule has 0 unspecified atom stereocenters. The van der Waals surface area contributed by atoms with Gasteiger partial charge < -0.3 is 0 Å². The first-order valence-electron chi connectivity index (χ1n) is 17.4. The second-order valence-electron chi connectivity index (χ2n) is 17.5. The summed E-state index contributed by atoms with van der Waals surface area (Å²) in [5.74, 6) is -0.0227. The first kappa shape index (κ1) is 46.4. The molecule has 0 aliphatic heterocycles. The van der Waals surface area contributed by atoms with E-state index in [4.69, 9.17) is 92.8 Å². The Hall–Kier alpha value is -2.26. The Morgan fingerprint density at radius 2 is 0.607 bits per heavy atom. The number of carbonyl (C=O) groups excluding carboxylic acids is 2. The van der Waals surface area contributed by atoms with Gasteiger partial charge in [-0.15, -0.1) is 10.2 Å². The fourth-order valence-electron chi connectivity index (χ4n) is 5.84. The molecular formula is C42H42Cl8N4O2. The molecule has 0 saturated heterocycles. The third-order valence-corrected chi connectivity index (χ3v) is 12.3. The molecule has 0 N–H and O–H groups in total. The lowest BCUT2D eigenvalue weighted by Crippen LogP contribution is -2.27. The zero-order valence-electron chi connectivity index (χ0n) is 33.1. The predicted molar refractivity (Wildman–Crippen MR) is 237 cm³/mol. The quantitative estimate of drug-likeness (QED) is 0.221. The smallest absolute Gasteiger partial charge is 0.186 e. The van der Waals surface area contributed by atoms with E-state index in [0.717, 1.165) is 0 Å². The van der Waals surface area contributed by atoms with Crippen LogP contribution in [0.25, 0.3) is 11.1 Å². The van der Waals surface area contributed by atoms with Crippen LogP contribution in [-0.4, -0.2) is 11.6 Å². The minimum absolute atomic E-state index is 0.0114. The summed E-state index contributed by atoms with van der Waals surface area (Å²) >= 11 is 54.2. The molecule has 0 atom stereocenters. The molecule has 56 heavy (non-hydrogen) atoms. The van der Waals surface area contributed by atoms with Crippen LogP contribution in [0.3, 0.4) is 0 Å². The maximum Gasteiger partial charge on any atom is 0.186 e. The van der Waals surface area contributed by atoms with Gasteiger partial charge in [0.15, 0.2) is 11.6 Å². The van der Waals surface area contributed by atoms with Gasteiger partial charge in [-0.25, -0.2) is 0 Å². The van der Waals surface area contributed by atoms with Crippen molar-refractivity contribution in [3.05, 3.63) is 110 Å². The first-order chi connectivity index (χ1) is 25.5. The first-order valence-corrected chi connectivity index (χ1v) is 20.4.